The second-order valence-electron chi connectivity index (χ2n) is 8.78. The Labute approximate surface area is 207 Å². The van der Waals surface area contributed by atoms with E-state index in [0.29, 0.717) is 36.8 Å². The van der Waals surface area contributed by atoms with Crippen molar-refractivity contribution in [3.05, 3.63) is 48.0 Å². The Morgan fingerprint density at radius 3 is 2.26 bits per heavy atom. The monoisotopic (exact) mass is 481 g/mol. The van der Waals surface area contributed by atoms with Crippen LogP contribution in [0.4, 0.5) is 5.69 Å². The molecule has 0 N–H and O–H groups in total. The van der Waals surface area contributed by atoms with Crippen LogP contribution < -0.4 is 19.1 Å². The van der Waals surface area contributed by atoms with Gasteiger partial charge in [0.2, 0.25) is 0 Å². The number of carbonyl (C=O) groups is 2. The number of piperidine rings is 1. The lowest BCUT2D eigenvalue weighted by molar-refractivity contribution is -0.134. The van der Waals surface area contributed by atoms with Gasteiger partial charge in [-0.3, -0.25) is 9.59 Å². The van der Waals surface area contributed by atoms with Gasteiger partial charge < -0.3 is 28.9 Å². The number of amides is 2. The first-order valence-corrected chi connectivity index (χ1v) is 12.5. The molecule has 4 rings (SSSR count). The zero-order valence-electron chi connectivity index (χ0n) is 20.7. The van der Waals surface area contributed by atoms with Gasteiger partial charge in [0.05, 0.1) is 19.4 Å². The van der Waals surface area contributed by atoms with Crippen LogP contribution in [0.2, 0.25) is 0 Å². The van der Waals surface area contributed by atoms with E-state index >= 15 is 0 Å². The predicted octanol–water partition coefficient (Wildman–Crippen LogP) is 3.45. The highest BCUT2D eigenvalue weighted by atomic mass is 16.5. The number of benzene rings is 2. The third-order valence-corrected chi connectivity index (χ3v) is 6.54. The fourth-order valence-corrected chi connectivity index (χ4v) is 4.63. The Morgan fingerprint density at radius 2 is 1.54 bits per heavy atom. The molecule has 0 unspecified atom stereocenters. The van der Waals surface area contributed by atoms with Gasteiger partial charge in [-0.25, -0.2) is 0 Å². The third kappa shape index (κ3) is 5.99. The summed E-state index contributed by atoms with van der Waals surface area (Å²) in [6.07, 6.45) is 3.25. The maximum absolute atomic E-state index is 13.2. The lowest BCUT2D eigenvalue weighted by Crippen LogP contribution is -2.48. The number of anilines is 1. The predicted molar refractivity (Wildman–Crippen MR) is 135 cm³/mol. The highest BCUT2D eigenvalue weighted by Gasteiger charge is 2.25. The Hall–Kier alpha value is -3.42. The van der Waals surface area contributed by atoms with Crippen LogP contribution in [0.5, 0.6) is 17.2 Å². The van der Waals surface area contributed by atoms with Crippen molar-refractivity contribution in [2.45, 2.75) is 26.2 Å². The average Bonchev–Trinajstić information content (AvgIpc) is 2.92. The number of piperazine rings is 1. The van der Waals surface area contributed by atoms with E-state index in [1.165, 1.54) is 6.42 Å². The maximum atomic E-state index is 13.2. The van der Waals surface area contributed by atoms with Crippen LogP contribution >= 0.6 is 0 Å². The number of methoxy groups -OCH3 is 1. The van der Waals surface area contributed by atoms with Gasteiger partial charge in [0.15, 0.2) is 18.1 Å². The summed E-state index contributed by atoms with van der Waals surface area (Å²) in [6, 6.07) is 13.1. The number of hydrogen-bond acceptors (Lipinski definition) is 6. The average molecular weight is 482 g/mol. The number of likely N-dealkylation sites (tertiary alicyclic amines) is 1. The molecule has 8 heteroatoms. The number of nitrogens with zero attached hydrogens (tertiary/aromatic N) is 3. The lowest BCUT2D eigenvalue weighted by Gasteiger charge is -2.36. The molecule has 188 valence electrons. The minimum absolute atomic E-state index is 0.0137. The van der Waals surface area contributed by atoms with Gasteiger partial charge in [0.25, 0.3) is 11.8 Å². The molecule has 0 spiro atoms. The molecule has 35 heavy (non-hydrogen) atoms. The SMILES string of the molecule is CCOc1cc(C(=O)N2CCN(c3ccccc3OC)CC2)ccc1OCC(=O)N1CCCCC1. The first-order chi connectivity index (χ1) is 17.1. The molecule has 8 nitrogen and oxygen atoms in total. The molecule has 2 aromatic carbocycles. The summed E-state index contributed by atoms with van der Waals surface area (Å²) in [5, 5.41) is 0. The topological polar surface area (TPSA) is 71.5 Å². The van der Waals surface area contributed by atoms with Crippen molar-refractivity contribution in [2.24, 2.45) is 0 Å². The van der Waals surface area contributed by atoms with Crippen molar-refractivity contribution in [2.75, 3.05) is 64.5 Å². The first-order valence-electron chi connectivity index (χ1n) is 12.5. The molecule has 0 aromatic heterocycles. The van der Waals surface area contributed by atoms with Gasteiger partial charge in [0, 0.05) is 44.8 Å². The van der Waals surface area contributed by atoms with Gasteiger partial charge in [-0.1, -0.05) is 12.1 Å². The van der Waals surface area contributed by atoms with Crippen molar-refractivity contribution in [1.82, 2.24) is 9.80 Å². The standard InChI is InChI=1S/C27H35N3O5/c1-3-34-25-19-21(11-12-24(25)35-20-26(31)29-13-7-4-8-14-29)27(32)30-17-15-28(16-18-30)22-9-5-6-10-23(22)33-2/h5-6,9-12,19H,3-4,7-8,13-18,20H2,1-2H3. The summed E-state index contributed by atoms with van der Waals surface area (Å²) < 4.78 is 17.0. The van der Waals surface area contributed by atoms with Crippen molar-refractivity contribution >= 4 is 17.5 Å². The van der Waals surface area contributed by atoms with Gasteiger partial charge in [-0.15, -0.1) is 0 Å². The Kier molecular flexibility index (Phi) is 8.34. The summed E-state index contributed by atoms with van der Waals surface area (Å²) >= 11 is 0. The zero-order valence-corrected chi connectivity index (χ0v) is 20.7. The number of rotatable bonds is 8. The summed E-state index contributed by atoms with van der Waals surface area (Å²) in [5.41, 5.74) is 1.59. The second kappa shape index (κ2) is 11.8. The fourth-order valence-electron chi connectivity index (χ4n) is 4.63. The Bertz CT molecular complexity index is 1010. The first kappa shape index (κ1) is 24.7. The second-order valence-corrected chi connectivity index (χ2v) is 8.78. The fraction of sp³-hybridized carbons (Fsp3) is 0.481. The van der Waals surface area contributed by atoms with E-state index in [9.17, 15) is 9.59 Å². The minimum Gasteiger partial charge on any atom is -0.495 e. The number of hydrogen-bond donors (Lipinski definition) is 0. The number of ether oxygens (including phenoxy) is 3. The normalized spacial score (nSPS) is 16.1. The van der Waals surface area contributed by atoms with E-state index in [1.807, 2.05) is 41.0 Å². The van der Waals surface area contributed by atoms with Gasteiger partial charge in [-0.05, 0) is 56.5 Å². The molecule has 0 radical (unpaired) electrons. The third-order valence-electron chi connectivity index (χ3n) is 6.54. The number of para-hydroxylation sites is 2. The largest absolute Gasteiger partial charge is 0.495 e. The van der Waals surface area contributed by atoms with Crippen LogP contribution in [0.25, 0.3) is 0 Å². The summed E-state index contributed by atoms with van der Waals surface area (Å²) in [6.45, 7) is 6.55. The van der Waals surface area contributed by atoms with E-state index in [4.69, 9.17) is 14.2 Å². The molecule has 2 aliphatic rings. The lowest BCUT2D eigenvalue weighted by atomic mass is 10.1. The quantitative estimate of drug-likeness (QED) is 0.575. The van der Waals surface area contributed by atoms with Crippen molar-refractivity contribution < 1.29 is 23.8 Å². The molecule has 0 saturated carbocycles. The van der Waals surface area contributed by atoms with Crippen molar-refractivity contribution in [1.29, 1.82) is 0 Å². The minimum atomic E-state index is -0.0402. The summed E-state index contributed by atoms with van der Waals surface area (Å²) in [7, 11) is 1.67. The maximum Gasteiger partial charge on any atom is 0.260 e. The smallest absolute Gasteiger partial charge is 0.260 e. The van der Waals surface area contributed by atoms with E-state index in [-0.39, 0.29) is 18.4 Å². The van der Waals surface area contributed by atoms with E-state index in [2.05, 4.69) is 4.90 Å². The summed E-state index contributed by atoms with van der Waals surface area (Å²) in [5.74, 6) is 1.75. The molecule has 2 heterocycles. The van der Waals surface area contributed by atoms with Crippen LogP contribution in [0.3, 0.4) is 0 Å². The van der Waals surface area contributed by atoms with Crippen LogP contribution in [-0.4, -0.2) is 81.2 Å². The molecule has 0 atom stereocenters. The van der Waals surface area contributed by atoms with Crippen molar-refractivity contribution in [3.8, 4) is 17.2 Å². The molecular weight excluding hydrogens is 446 g/mol. The van der Waals surface area contributed by atoms with Crippen LogP contribution in [0.1, 0.15) is 36.5 Å². The van der Waals surface area contributed by atoms with Gasteiger partial charge >= 0.3 is 0 Å². The zero-order chi connectivity index (χ0) is 24.6. The van der Waals surface area contributed by atoms with Crippen molar-refractivity contribution in [3.63, 3.8) is 0 Å². The molecule has 2 aliphatic heterocycles. The van der Waals surface area contributed by atoms with Gasteiger partial charge in [-0.2, -0.15) is 0 Å². The Morgan fingerprint density at radius 1 is 0.800 bits per heavy atom. The summed E-state index contributed by atoms with van der Waals surface area (Å²) in [4.78, 5) is 31.7. The molecule has 0 bridgehead atoms. The van der Waals surface area contributed by atoms with E-state index in [1.54, 1.807) is 25.3 Å². The van der Waals surface area contributed by atoms with Crippen LogP contribution in [0, 0.1) is 0 Å². The van der Waals surface area contributed by atoms with Crippen LogP contribution in [0.15, 0.2) is 42.5 Å². The molecule has 2 fully saturated rings. The molecule has 2 amide bonds. The molecule has 0 aliphatic carbocycles. The highest BCUT2D eigenvalue weighted by molar-refractivity contribution is 5.95. The van der Waals surface area contributed by atoms with Crippen LogP contribution in [-0.2, 0) is 4.79 Å². The van der Waals surface area contributed by atoms with E-state index in [0.717, 1.165) is 50.5 Å². The van der Waals surface area contributed by atoms with E-state index < -0.39 is 0 Å². The highest BCUT2D eigenvalue weighted by Crippen LogP contribution is 2.31. The molecule has 2 aromatic rings. The van der Waals surface area contributed by atoms with Gasteiger partial charge in [0.1, 0.15) is 5.75 Å². The molecule has 2 saturated heterocycles. The molecular formula is C27H35N3O5. The Balaban J connectivity index is 1.38. The number of carbonyl (C=O) groups excluding carboxylic acids is 2.